The molecule has 150 valence electrons. The molecule has 0 radical (unpaired) electrons. The summed E-state index contributed by atoms with van der Waals surface area (Å²) in [6, 6.07) is 0. The van der Waals surface area contributed by atoms with Gasteiger partial charge < -0.3 is 10.2 Å². The fourth-order valence-electron chi connectivity index (χ4n) is 2.99. The Hall–Kier alpha value is -1.48. The third kappa shape index (κ3) is 4.68. The van der Waals surface area contributed by atoms with Crippen LogP contribution in [0.25, 0.3) is 10.6 Å². The molecule has 0 saturated carbocycles. The van der Waals surface area contributed by atoms with Crippen molar-refractivity contribution in [3.63, 3.8) is 0 Å². The van der Waals surface area contributed by atoms with Crippen LogP contribution in [0.2, 0.25) is 0 Å². The molecule has 1 fully saturated rings. The number of thiazole rings is 1. The first-order chi connectivity index (χ1) is 11.9. The van der Waals surface area contributed by atoms with Crippen LogP contribution in [0.1, 0.15) is 33.0 Å². The molecule has 1 N–H and O–H groups in total. The Morgan fingerprint density at radius 3 is 2.52 bits per heavy atom. The molecule has 0 bridgehead atoms. The number of hydrogen-bond donors (Lipinski definition) is 1. The van der Waals surface area contributed by atoms with Crippen LogP contribution in [-0.2, 0) is 7.05 Å². The molecule has 7 nitrogen and oxygen atoms in total. The van der Waals surface area contributed by atoms with Crippen LogP contribution in [0, 0.1) is 20.8 Å². The average Bonchev–Trinajstić information content (AvgIpc) is 2.78. The van der Waals surface area contributed by atoms with Gasteiger partial charge in [-0.1, -0.05) is 0 Å². The van der Waals surface area contributed by atoms with Crippen molar-refractivity contribution in [2.75, 3.05) is 26.2 Å². The molecular weight excluding hydrogens is 409 g/mol. The minimum absolute atomic E-state index is 0. The summed E-state index contributed by atoms with van der Waals surface area (Å²) in [7, 11) is 1.63. The Bertz CT molecular complexity index is 873. The van der Waals surface area contributed by atoms with E-state index in [1.165, 1.54) is 16.0 Å². The molecule has 1 aliphatic heterocycles. The first kappa shape index (κ1) is 23.6. The highest BCUT2D eigenvalue weighted by molar-refractivity contribution is 7.17. The van der Waals surface area contributed by atoms with Gasteiger partial charge in [-0.3, -0.25) is 9.59 Å². The monoisotopic (exact) mass is 433 g/mol. The van der Waals surface area contributed by atoms with Crippen LogP contribution in [0.3, 0.4) is 0 Å². The van der Waals surface area contributed by atoms with Crippen molar-refractivity contribution in [2.45, 2.75) is 27.2 Å². The van der Waals surface area contributed by atoms with Gasteiger partial charge in [-0.15, -0.1) is 36.2 Å². The second-order valence-electron chi connectivity index (χ2n) is 6.34. The van der Waals surface area contributed by atoms with E-state index in [9.17, 15) is 9.59 Å². The van der Waals surface area contributed by atoms with Crippen molar-refractivity contribution in [1.82, 2.24) is 25.0 Å². The summed E-state index contributed by atoms with van der Waals surface area (Å²) >= 11 is 1.30. The molecular formula is C17H25Cl2N5O2S. The molecule has 1 aliphatic rings. The molecule has 2 aromatic rings. The van der Waals surface area contributed by atoms with Crippen molar-refractivity contribution in [1.29, 1.82) is 0 Å². The van der Waals surface area contributed by atoms with Gasteiger partial charge in [-0.25, -0.2) is 9.67 Å². The summed E-state index contributed by atoms with van der Waals surface area (Å²) in [5.74, 6) is 0.00482. The zero-order chi connectivity index (χ0) is 18.1. The number of halogens is 2. The molecule has 1 saturated heterocycles. The summed E-state index contributed by atoms with van der Waals surface area (Å²) in [6.45, 7) is 8.75. The van der Waals surface area contributed by atoms with Crippen molar-refractivity contribution in [2.24, 2.45) is 7.05 Å². The minimum atomic E-state index is -0.185. The van der Waals surface area contributed by atoms with E-state index in [1.807, 2.05) is 25.7 Å². The number of aromatic nitrogens is 3. The van der Waals surface area contributed by atoms with Gasteiger partial charge in [0.2, 0.25) is 0 Å². The van der Waals surface area contributed by atoms with E-state index >= 15 is 0 Å². The van der Waals surface area contributed by atoms with Gasteiger partial charge in [-0.2, -0.15) is 5.10 Å². The van der Waals surface area contributed by atoms with Gasteiger partial charge in [0, 0.05) is 26.7 Å². The quantitative estimate of drug-likeness (QED) is 0.783. The van der Waals surface area contributed by atoms with E-state index in [2.05, 4.69) is 15.4 Å². The number of amides is 1. The number of carbonyl (C=O) groups excluding carboxylic acids is 1. The molecule has 0 aliphatic carbocycles. The highest BCUT2D eigenvalue weighted by Crippen LogP contribution is 2.29. The Morgan fingerprint density at radius 2 is 1.81 bits per heavy atom. The Labute approximate surface area is 175 Å². The largest absolute Gasteiger partial charge is 0.337 e. The number of hydrogen-bond acceptors (Lipinski definition) is 6. The minimum Gasteiger partial charge on any atom is -0.337 e. The van der Waals surface area contributed by atoms with E-state index in [4.69, 9.17) is 0 Å². The number of aryl methyl sites for hydroxylation is 3. The Balaban J connectivity index is 0.00000182. The maximum Gasteiger partial charge on any atom is 0.277 e. The molecule has 1 amide bonds. The second kappa shape index (κ2) is 9.64. The van der Waals surface area contributed by atoms with Crippen molar-refractivity contribution >= 4 is 42.1 Å². The number of nitrogens with one attached hydrogen (secondary N) is 1. The SMILES string of the molecule is Cc1nc(-c2c(C)c(C)nn(C)c2=O)sc1C(=O)N1CCCNCC1.Cl.Cl. The smallest absolute Gasteiger partial charge is 0.277 e. The Morgan fingerprint density at radius 1 is 1.11 bits per heavy atom. The fourth-order valence-corrected chi connectivity index (χ4v) is 4.12. The number of carbonyl (C=O) groups is 1. The van der Waals surface area contributed by atoms with Crippen LogP contribution in [0.4, 0.5) is 0 Å². The van der Waals surface area contributed by atoms with Crippen LogP contribution >= 0.6 is 36.2 Å². The van der Waals surface area contributed by atoms with E-state index in [1.54, 1.807) is 7.05 Å². The summed E-state index contributed by atoms with van der Waals surface area (Å²) in [4.78, 5) is 32.5. The van der Waals surface area contributed by atoms with Gasteiger partial charge in [0.1, 0.15) is 9.88 Å². The molecule has 0 atom stereocenters. The lowest BCUT2D eigenvalue weighted by Crippen LogP contribution is -2.34. The predicted molar refractivity (Wildman–Crippen MR) is 113 cm³/mol. The van der Waals surface area contributed by atoms with Crippen molar-refractivity contribution < 1.29 is 4.79 Å². The van der Waals surface area contributed by atoms with E-state index in [0.717, 1.165) is 37.3 Å². The molecule has 10 heteroatoms. The molecule has 0 spiro atoms. The third-order valence-corrected chi connectivity index (χ3v) is 5.72. The lowest BCUT2D eigenvalue weighted by Gasteiger charge is -2.19. The van der Waals surface area contributed by atoms with Gasteiger partial charge in [-0.05, 0) is 39.3 Å². The summed E-state index contributed by atoms with van der Waals surface area (Å²) in [5.41, 5.74) is 2.64. The van der Waals surface area contributed by atoms with Gasteiger partial charge in [0.25, 0.3) is 11.5 Å². The third-order valence-electron chi connectivity index (χ3n) is 4.56. The van der Waals surface area contributed by atoms with Crippen LogP contribution in [0.5, 0.6) is 0 Å². The molecule has 0 aromatic carbocycles. The van der Waals surface area contributed by atoms with E-state index < -0.39 is 0 Å². The average molecular weight is 434 g/mol. The maximum absolute atomic E-state index is 12.9. The molecule has 0 unspecified atom stereocenters. The van der Waals surface area contributed by atoms with Gasteiger partial charge in [0.05, 0.1) is 17.0 Å². The first-order valence-electron chi connectivity index (χ1n) is 8.42. The predicted octanol–water partition coefficient (Wildman–Crippen LogP) is 2.11. The topological polar surface area (TPSA) is 80.1 Å². The highest BCUT2D eigenvalue weighted by atomic mass is 35.5. The van der Waals surface area contributed by atoms with Crippen LogP contribution in [0.15, 0.2) is 4.79 Å². The highest BCUT2D eigenvalue weighted by Gasteiger charge is 2.24. The van der Waals surface area contributed by atoms with Crippen LogP contribution < -0.4 is 10.9 Å². The summed E-state index contributed by atoms with van der Waals surface area (Å²) < 4.78 is 1.33. The maximum atomic E-state index is 12.9. The van der Waals surface area contributed by atoms with E-state index in [-0.39, 0.29) is 36.3 Å². The first-order valence-corrected chi connectivity index (χ1v) is 9.24. The lowest BCUT2D eigenvalue weighted by molar-refractivity contribution is 0.0770. The van der Waals surface area contributed by atoms with Crippen LogP contribution in [-0.4, -0.2) is 51.8 Å². The fraction of sp³-hybridized carbons (Fsp3) is 0.529. The molecule has 2 aromatic heterocycles. The molecule has 3 rings (SSSR count). The molecule has 3 heterocycles. The number of nitrogens with zero attached hydrogens (tertiary/aromatic N) is 4. The van der Waals surface area contributed by atoms with Crippen molar-refractivity contribution in [3.05, 3.63) is 32.2 Å². The number of rotatable bonds is 2. The molecule has 27 heavy (non-hydrogen) atoms. The lowest BCUT2D eigenvalue weighted by atomic mass is 10.1. The standard InChI is InChI=1S/C17H23N5O2S.2ClH/c1-10-11(2)20-21(4)16(23)13(10)15-19-12(3)14(25-15)17(24)22-8-5-6-18-7-9-22;;/h18H,5-9H2,1-4H3;2*1H. The zero-order valence-electron chi connectivity index (χ0n) is 15.9. The summed E-state index contributed by atoms with van der Waals surface area (Å²) in [6.07, 6.45) is 0.944. The summed E-state index contributed by atoms with van der Waals surface area (Å²) in [5, 5.41) is 8.10. The van der Waals surface area contributed by atoms with Gasteiger partial charge >= 0.3 is 0 Å². The second-order valence-corrected chi connectivity index (χ2v) is 7.34. The van der Waals surface area contributed by atoms with Gasteiger partial charge in [0.15, 0.2) is 0 Å². The zero-order valence-corrected chi connectivity index (χ0v) is 18.3. The van der Waals surface area contributed by atoms with Crippen molar-refractivity contribution in [3.8, 4) is 10.6 Å². The van der Waals surface area contributed by atoms with E-state index in [0.29, 0.717) is 27.7 Å². The Kier molecular flexibility index (Phi) is 8.41. The normalized spacial score (nSPS) is 14.1.